The molecule has 0 aliphatic carbocycles. The molecule has 0 radical (unpaired) electrons. The van der Waals surface area contributed by atoms with Crippen LogP contribution in [0.3, 0.4) is 0 Å². The Morgan fingerprint density at radius 3 is 2.46 bits per heavy atom. The quantitative estimate of drug-likeness (QED) is 0.340. The minimum atomic E-state index is -0.269. The van der Waals surface area contributed by atoms with Crippen LogP contribution >= 0.6 is 0 Å². The highest BCUT2D eigenvalue weighted by atomic mass is 16.6. The first-order valence-electron chi connectivity index (χ1n) is 12.8. The third-order valence-electron chi connectivity index (χ3n) is 6.99. The van der Waals surface area contributed by atoms with Crippen LogP contribution in [-0.4, -0.2) is 45.8 Å². The molecule has 1 N–H and O–H groups in total. The number of rotatable bonds is 9. The van der Waals surface area contributed by atoms with E-state index in [1.165, 1.54) is 10.9 Å². The van der Waals surface area contributed by atoms with Gasteiger partial charge in [0.2, 0.25) is 0 Å². The summed E-state index contributed by atoms with van der Waals surface area (Å²) in [4.78, 5) is 36.2. The molecule has 1 aliphatic heterocycles. The fourth-order valence-electron chi connectivity index (χ4n) is 5.09. The lowest BCUT2D eigenvalue weighted by atomic mass is 9.88. The van der Waals surface area contributed by atoms with Gasteiger partial charge in [-0.2, -0.15) is 0 Å². The highest BCUT2D eigenvalue weighted by Crippen LogP contribution is 2.33. The highest BCUT2D eigenvalue weighted by Gasteiger charge is 2.23. The van der Waals surface area contributed by atoms with Crippen LogP contribution in [0.5, 0.6) is 0 Å². The molecule has 0 unspecified atom stereocenters. The monoisotopic (exact) mass is 496 g/mol. The summed E-state index contributed by atoms with van der Waals surface area (Å²) in [6, 6.07) is 21.6. The number of carbonyl (C=O) groups excluding carboxylic acids is 2. The van der Waals surface area contributed by atoms with Crippen LogP contribution in [0.1, 0.15) is 52.7 Å². The average Bonchev–Trinajstić information content (AvgIpc) is 3.33. The van der Waals surface area contributed by atoms with Gasteiger partial charge in [0.1, 0.15) is 11.4 Å². The second-order valence-corrected chi connectivity index (χ2v) is 9.74. The number of fused-ring (bicyclic) bond motifs is 1. The second kappa shape index (κ2) is 11.5. The van der Waals surface area contributed by atoms with Gasteiger partial charge in [-0.3, -0.25) is 19.3 Å². The maximum Gasteiger partial charge on any atom is 0.274 e. The molecule has 7 heteroatoms. The van der Waals surface area contributed by atoms with Crippen molar-refractivity contribution in [2.75, 3.05) is 19.6 Å². The summed E-state index contributed by atoms with van der Waals surface area (Å²) in [5.74, 6) is 0.438. The largest absolute Gasteiger partial charge is 0.328 e. The molecule has 1 fully saturated rings. The Hall–Kier alpha value is -3.81. The van der Waals surface area contributed by atoms with E-state index in [9.17, 15) is 9.59 Å². The third kappa shape index (κ3) is 6.13. The molecular weight excluding hydrogens is 464 g/mol. The van der Waals surface area contributed by atoms with E-state index in [1.54, 1.807) is 6.92 Å². The molecule has 5 rings (SSSR count). The minimum Gasteiger partial charge on any atom is -0.328 e. The molecule has 1 amide bonds. The number of nitrogens with zero attached hydrogens (tertiary/aromatic N) is 3. The molecule has 4 aromatic rings. The predicted molar refractivity (Wildman–Crippen MR) is 143 cm³/mol. The third-order valence-corrected chi connectivity index (χ3v) is 6.99. The normalized spacial score (nSPS) is 14.6. The van der Waals surface area contributed by atoms with Gasteiger partial charge in [0.15, 0.2) is 0 Å². The van der Waals surface area contributed by atoms with Crippen LogP contribution in [0.15, 0.2) is 79.1 Å². The van der Waals surface area contributed by atoms with Crippen LogP contribution in [-0.2, 0) is 22.8 Å². The zero-order chi connectivity index (χ0) is 25.6. The van der Waals surface area contributed by atoms with Crippen molar-refractivity contribution >= 4 is 22.7 Å². The number of benzene rings is 2. The van der Waals surface area contributed by atoms with E-state index >= 15 is 0 Å². The minimum absolute atomic E-state index is 0.229. The number of likely N-dealkylation sites (tertiary alicyclic amines) is 1. The van der Waals surface area contributed by atoms with Crippen molar-refractivity contribution in [3.8, 4) is 0 Å². The van der Waals surface area contributed by atoms with Gasteiger partial charge in [0.25, 0.3) is 5.91 Å². The molecule has 2 aromatic carbocycles. The Kier molecular flexibility index (Phi) is 7.73. The van der Waals surface area contributed by atoms with Gasteiger partial charge in [-0.25, -0.2) is 10.5 Å². The summed E-state index contributed by atoms with van der Waals surface area (Å²) in [5, 5.41) is 1.19. The summed E-state index contributed by atoms with van der Waals surface area (Å²) < 4.78 is 2.15. The average molecular weight is 497 g/mol. The van der Waals surface area contributed by atoms with Gasteiger partial charge in [0, 0.05) is 29.9 Å². The van der Waals surface area contributed by atoms with Gasteiger partial charge in [0.05, 0.1) is 13.2 Å². The maximum absolute atomic E-state index is 12.4. The summed E-state index contributed by atoms with van der Waals surface area (Å²) in [5.41, 5.74) is 7.45. The zero-order valence-electron chi connectivity index (χ0n) is 21.1. The van der Waals surface area contributed by atoms with Crippen molar-refractivity contribution in [3.63, 3.8) is 0 Å². The van der Waals surface area contributed by atoms with Gasteiger partial charge < -0.3 is 4.57 Å². The summed E-state index contributed by atoms with van der Waals surface area (Å²) >= 11 is 0. The first-order chi connectivity index (χ1) is 18.1. The van der Waals surface area contributed by atoms with Crippen LogP contribution in [0.2, 0.25) is 0 Å². The van der Waals surface area contributed by atoms with Crippen molar-refractivity contribution in [2.24, 2.45) is 0 Å². The summed E-state index contributed by atoms with van der Waals surface area (Å²) in [6.07, 6.45) is 6.09. The lowest BCUT2D eigenvalue weighted by Crippen LogP contribution is -2.36. The Labute approximate surface area is 217 Å². The van der Waals surface area contributed by atoms with Gasteiger partial charge in [-0.05, 0) is 79.7 Å². The number of hydroxylamine groups is 1. The highest BCUT2D eigenvalue weighted by molar-refractivity contribution is 5.93. The van der Waals surface area contributed by atoms with Gasteiger partial charge >= 0.3 is 0 Å². The van der Waals surface area contributed by atoms with E-state index < -0.39 is 0 Å². The lowest BCUT2D eigenvalue weighted by Gasteiger charge is -2.31. The second-order valence-electron chi connectivity index (χ2n) is 9.74. The number of hydrogen-bond donors (Lipinski definition) is 1. The molecule has 0 spiro atoms. The number of Topliss-reactive ketones (excluding diaryl/α,β-unsaturated/α-hetero) is 1. The van der Waals surface area contributed by atoms with Gasteiger partial charge in [-0.15, -0.1) is 0 Å². The van der Waals surface area contributed by atoms with Crippen molar-refractivity contribution < 1.29 is 14.4 Å². The molecule has 0 atom stereocenters. The van der Waals surface area contributed by atoms with E-state index in [0.29, 0.717) is 31.2 Å². The van der Waals surface area contributed by atoms with Crippen LogP contribution in [0.25, 0.3) is 11.0 Å². The first-order valence-corrected chi connectivity index (χ1v) is 12.8. The molecule has 7 nitrogen and oxygen atoms in total. The van der Waals surface area contributed by atoms with E-state index in [2.05, 4.69) is 38.3 Å². The number of piperidine rings is 1. The van der Waals surface area contributed by atoms with Crippen molar-refractivity contribution in [2.45, 2.75) is 38.8 Å². The molecule has 3 heterocycles. The number of nitrogens with one attached hydrogen (secondary N) is 1. The Morgan fingerprint density at radius 1 is 0.973 bits per heavy atom. The SMILES string of the molecule is CC(=O)CN1CCC(c2ccnc3c2ccn3Cc2ccc(C(=O)NOCc3ccccc3)cc2)CC1. The van der Waals surface area contributed by atoms with Crippen molar-refractivity contribution in [1.29, 1.82) is 0 Å². The Bertz CT molecular complexity index is 1360. The molecule has 190 valence electrons. The molecular formula is C30H32N4O3. The Morgan fingerprint density at radius 2 is 1.73 bits per heavy atom. The molecule has 1 saturated heterocycles. The van der Waals surface area contributed by atoms with Gasteiger partial charge in [-0.1, -0.05) is 42.5 Å². The number of hydrogen-bond acceptors (Lipinski definition) is 5. The first kappa shape index (κ1) is 24.9. The number of pyridine rings is 1. The summed E-state index contributed by atoms with van der Waals surface area (Å²) in [7, 11) is 0. The van der Waals surface area contributed by atoms with E-state index in [0.717, 1.165) is 42.7 Å². The van der Waals surface area contributed by atoms with Crippen molar-refractivity contribution in [1.82, 2.24) is 19.9 Å². The van der Waals surface area contributed by atoms with Crippen LogP contribution in [0, 0.1) is 0 Å². The standard InChI is InChI=1S/C30H32N4O3/c1-22(35)19-33-16-12-25(13-17-33)27-11-15-31-29-28(27)14-18-34(29)20-23-7-9-26(10-8-23)30(36)32-37-21-24-5-3-2-4-6-24/h2-11,14-15,18,25H,12-13,16-17,19-21H2,1H3,(H,32,36). The van der Waals surface area contributed by atoms with Crippen LogP contribution < -0.4 is 5.48 Å². The fourth-order valence-corrected chi connectivity index (χ4v) is 5.09. The summed E-state index contributed by atoms with van der Waals surface area (Å²) in [6.45, 7) is 5.10. The predicted octanol–water partition coefficient (Wildman–Crippen LogP) is 4.71. The molecule has 2 aromatic heterocycles. The number of aromatic nitrogens is 2. The smallest absolute Gasteiger partial charge is 0.274 e. The lowest BCUT2D eigenvalue weighted by molar-refractivity contribution is -0.118. The molecule has 0 saturated carbocycles. The zero-order valence-corrected chi connectivity index (χ0v) is 21.1. The number of ketones is 1. The fraction of sp³-hybridized carbons (Fsp3) is 0.300. The number of carbonyl (C=O) groups is 2. The van der Waals surface area contributed by atoms with Crippen LogP contribution in [0.4, 0.5) is 0 Å². The molecule has 0 bridgehead atoms. The molecule has 1 aliphatic rings. The van der Waals surface area contributed by atoms with E-state index in [4.69, 9.17) is 4.84 Å². The Balaban J connectivity index is 1.20. The maximum atomic E-state index is 12.4. The topological polar surface area (TPSA) is 76.5 Å². The van der Waals surface area contributed by atoms with E-state index in [1.807, 2.05) is 60.8 Å². The number of amides is 1. The molecule has 37 heavy (non-hydrogen) atoms. The van der Waals surface area contributed by atoms with E-state index in [-0.39, 0.29) is 11.7 Å². The van der Waals surface area contributed by atoms with Crippen molar-refractivity contribution in [3.05, 3.63) is 101 Å².